The smallest absolute Gasteiger partial charge is 0.0921 e. The van der Waals surface area contributed by atoms with Gasteiger partial charge < -0.3 is 4.98 Å². The summed E-state index contributed by atoms with van der Waals surface area (Å²) in [6.07, 6.45) is 4.52. The summed E-state index contributed by atoms with van der Waals surface area (Å²) < 4.78 is 6.59. The first-order chi connectivity index (χ1) is 9.25. The molecule has 0 saturated carbocycles. The number of H-pyrrole nitrogens is 1. The fourth-order valence-electron chi connectivity index (χ4n) is 1.74. The van der Waals surface area contributed by atoms with E-state index in [1.807, 2.05) is 6.20 Å². The lowest BCUT2D eigenvalue weighted by atomic mass is 10.1. The molecule has 0 fully saturated rings. The molecule has 0 saturated heterocycles. The standard InChI is InChI=1S/C14H20N4S/c1-11-3-4-13(7-12(11)2)8-18-19-17-6-5-14-9-15-10-16-14/h3-4,7,9-10,17-18H,5-6,8H2,1-2H3,(H,15,16). The van der Waals surface area contributed by atoms with Gasteiger partial charge in [-0.25, -0.2) is 9.71 Å². The van der Waals surface area contributed by atoms with Crippen molar-refractivity contribution in [2.45, 2.75) is 26.8 Å². The zero-order chi connectivity index (χ0) is 13.5. The summed E-state index contributed by atoms with van der Waals surface area (Å²) >= 11 is 1.55. The number of imidazole rings is 1. The van der Waals surface area contributed by atoms with Crippen LogP contribution >= 0.6 is 12.1 Å². The first-order valence-corrected chi connectivity index (χ1v) is 7.22. The number of rotatable bonds is 7. The van der Waals surface area contributed by atoms with E-state index in [1.165, 1.54) is 16.7 Å². The minimum absolute atomic E-state index is 0.864. The number of nitrogens with one attached hydrogen (secondary N) is 3. The monoisotopic (exact) mass is 276 g/mol. The van der Waals surface area contributed by atoms with Crippen molar-refractivity contribution >= 4 is 12.1 Å². The molecule has 19 heavy (non-hydrogen) atoms. The van der Waals surface area contributed by atoms with Crippen LogP contribution in [0.4, 0.5) is 0 Å². The maximum atomic E-state index is 3.99. The van der Waals surface area contributed by atoms with Crippen LogP contribution in [0.5, 0.6) is 0 Å². The van der Waals surface area contributed by atoms with Crippen molar-refractivity contribution in [1.29, 1.82) is 0 Å². The minimum Gasteiger partial charge on any atom is -0.348 e. The van der Waals surface area contributed by atoms with Crippen LogP contribution < -0.4 is 9.44 Å². The van der Waals surface area contributed by atoms with E-state index < -0.39 is 0 Å². The second kappa shape index (κ2) is 7.33. The molecule has 0 amide bonds. The second-order valence-corrected chi connectivity index (χ2v) is 5.34. The molecule has 1 aromatic heterocycles. The van der Waals surface area contributed by atoms with Crippen LogP contribution in [0.2, 0.25) is 0 Å². The van der Waals surface area contributed by atoms with E-state index in [4.69, 9.17) is 0 Å². The van der Waals surface area contributed by atoms with Gasteiger partial charge in [-0.15, -0.1) is 0 Å². The zero-order valence-corrected chi connectivity index (χ0v) is 12.2. The van der Waals surface area contributed by atoms with Crippen LogP contribution in [0.3, 0.4) is 0 Å². The molecule has 0 unspecified atom stereocenters. The Labute approximate surface area is 118 Å². The Morgan fingerprint density at radius 1 is 1.21 bits per heavy atom. The van der Waals surface area contributed by atoms with E-state index in [9.17, 15) is 0 Å². The molecule has 0 atom stereocenters. The van der Waals surface area contributed by atoms with Gasteiger partial charge in [0.05, 0.1) is 6.33 Å². The van der Waals surface area contributed by atoms with Gasteiger partial charge >= 0.3 is 0 Å². The molecule has 2 aromatic rings. The van der Waals surface area contributed by atoms with Gasteiger partial charge in [-0.3, -0.25) is 4.72 Å². The number of hydrogen-bond donors (Lipinski definition) is 3. The molecule has 0 aliphatic carbocycles. The summed E-state index contributed by atoms with van der Waals surface area (Å²) in [5.74, 6) is 0. The third-order valence-electron chi connectivity index (χ3n) is 3.04. The van der Waals surface area contributed by atoms with Crippen molar-refractivity contribution < 1.29 is 0 Å². The number of aromatic amines is 1. The predicted octanol–water partition coefficient (Wildman–Crippen LogP) is 2.51. The Morgan fingerprint density at radius 2 is 2.11 bits per heavy atom. The van der Waals surface area contributed by atoms with E-state index in [-0.39, 0.29) is 0 Å². The lowest BCUT2D eigenvalue weighted by molar-refractivity contribution is 0.868. The van der Waals surface area contributed by atoms with E-state index in [2.05, 4.69) is 51.5 Å². The molecular weight excluding hydrogens is 256 g/mol. The highest BCUT2D eigenvalue weighted by Crippen LogP contribution is 2.10. The molecule has 0 radical (unpaired) electrons. The number of benzene rings is 1. The first-order valence-electron chi connectivity index (χ1n) is 6.40. The Morgan fingerprint density at radius 3 is 2.84 bits per heavy atom. The van der Waals surface area contributed by atoms with E-state index in [0.717, 1.165) is 25.2 Å². The number of hydrogen-bond acceptors (Lipinski definition) is 4. The molecular formula is C14H20N4S. The summed E-state index contributed by atoms with van der Waals surface area (Å²) in [5.41, 5.74) is 5.15. The maximum Gasteiger partial charge on any atom is 0.0921 e. The van der Waals surface area contributed by atoms with Gasteiger partial charge in [-0.05, 0) is 30.5 Å². The lowest BCUT2D eigenvalue weighted by Crippen LogP contribution is -2.16. The molecule has 4 nitrogen and oxygen atoms in total. The fraction of sp³-hybridized carbons (Fsp3) is 0.357. The molecule has 0 aliphatic rings. The van der Waals surface area contributed by atoms with E-state index in [0.29, 0.717) is 0 Å². The van der Waals surface area contributed by atoms with Gasteiger partial charge in [0.15, 0.2) is 0 Å². The summed E-state index contributed by atoms with van der Waals surface area (Å²) in [7, 11) is 0. The van der Waals surface area contributed by atoms with Crippen molar-refractivity contribution in [2.75, 3.05) is 6.54 Å². The van der Waals surface area contributed by atoms with Crippen LogP contribution in [0.25, 0.3) is 0 Å². The van der Waals surface area contributed by atoms with Crippen LogP contribution in [-0.4, -0.2) is 16.5 Å². The van der Waals surface area contributed by atoms with Crippen molar-refractivity contribution in [3.05, 3.63) is 53.1 Å². The number of nitrogens with zero attached hydrogens (tertiary/aromatic N) is 1. The molecule has 102 valence electrons. The first kappa shape index (κ1) is 14.1. The largest absolute Gasteiger partial charge is 0.348 e. The molecule has 0 spiro atoms. The second-order valence-electron chi connectivity index (χ2n) is 4.56. The van der Waals surface area contributed by atoms with Crippen molar-refractivity contribution in [1.82, 2.24) is 19.4 Å². The zero-order valence-electron chi connectivity index (χ0n) is 11.4. The Hall–Kier alpha value is -1.30. The molecule has 0 bridgehead atoms. The third kappa shape index (κ3) is 4.70. The highest BCUT2D eigenvalue weighted by molar-refractivity contribution is 7.95. The van der Waals surface area contributed by atoms with E-state index in [1.54, 1.807) is 18.5 Å². The Balaban J connectivity index is 1.60. The van der Waals surface area contributed by atoms with Gasteiger partial charge in [-0.1, -0.05) is 18.2 Å². The summed E-state index contributed by atoms with van der Waals surface area (Å²) in [6, 6.07) is 6.57. The quantitative estimate of drug-likeness (QED) is 0.537. The number of aryl methyl sites for hydroxylation is 2. The molecule has 2 rings (SSSR count). The van der Waals surface area contributed by atoms with Gasteiger partial charge in [0.1, 0.15) is 0 Å². The molecule has 5 heteroatoms. The van der Waals surface area contributed by atoms with Gasteiger partial charge in [0.25, 0.3) is 0 Å². The van der Waals surface area contributed by atoms with Crippen molar-refractivity contribution in [2.24, 2.45) is 0 Å². The summed E-state index contributed by atoms with van der Waals surface area (Å²) in [5, 5.41) is 0. The van der Waals surface area contributed by atoms with Gasteiger partial charge in [-0.2, -0.15) is 0 Å². The minimum atomic E-state index is 0.864. The van der Waals surface area contributed by atoms with Crippen molar-refractivity contribution in [3.63, 3.8) is 0 Å². The summed E-state index contributed by atoms with van der Waals surface area (Å²) in [4.78, 5) is 7.07. The Kier molecular flexibility index (Phi) is 5.44. The average molecular weight is 276 g/mol. The molecule has 3 N–H and O–H groups in total. The highest BCUT2D eigenvalue weighted by atomic mass is 32.2. The molecule has 1 aromatic carbocycles. The SMILES string of the molecule is Cc1ccc(CNSNCCc2cnc[nH]2)cc1C. The topological polar surface area (TPSA) is 52.7 Å². The molecule has 1 heterocycles. The molecule has 0 aliphatic heterocycles. The normalized spacial score (nSPS) is 10.8. The predicted molar refractivity (Wildman–Crippen MR) is 80.6 cm³/mol. The lowest BCUT2D eigenvalue weighted by Gasteiger charge is -2.07. The third-order valence-corrected chi connectivity index (χ3v) is 3.68. The maximum absolute atomic E-state index is 3.99. The Bertz CT molecular complexity index is 496. The van der Waals surface area contributed by atoms with Crippen LogP contribution in [0.15, 0.2) is 30.7 Å². The van der Waals surface area contributed by atoms with Crippen molar-refractivity contribution in [3.8, 4) is 0 Å². The van der Waals surface area contributed by atoms with Crippen LogP contribution in [0, 0.1) is 13.8 Å². The van der Waals surface area contributed by atoms with Gasteiger partial charge in [0, 0.05) is 43.5 Å². The van der Waals surface area contributed by atoms with E-state index >= 15 is 0 Å². The van der Waals surface area contributed by atoms with Gasteiger partial charge in [0.2, 0.25) is 0 Å². The fourth-order valence-corrected chi connectivity index (χ4v) is 2.29. The number of aromatic nitrogens is 2. The average Bonchev–Trinajstić information content (AvgIpc) is 2.91. The van der Waals surface area contributed by atoms with Crippen LogP contribution in [-0.2, 0) is 13.0 Å². The summed E-state index contributed by atoms with van der Waals surface area (Å²) in [6.45, 7) is 6.06. The van der Waals surface area contributed by atoms with Crippen LogP contribution in [0.1, 0.15) is 22.4 Å². The highest BCUT2D eigenvalue weighted by Gasteiger charge is 1.97.